The lowest BCUT2D eigenvalue weighted by Gasteiger charge is -2.16. The van der Waals surface area contributed by atoms with Crippen LogP contribution in [0.1, 0.15) is 15.9 Å². The number of nitrogens with two attached hydrogens (primary N) is 2. The number of aliphatic imine (C=N–C) groups is 1. The topological polar surface area (TPSA) is 177 Å². The number of benzene rings is 3. The van der Waals surface area contributed by atoms with Crippen LogP contribution in [0.2, 0.25) is 10.0 Å². The molecule has 0 spiro atoms. The second-order valence-corrected chi connectivity index (χ2v) is 10.1. The molecule has 0 heterocycles. The number of halogens is 2. The highest BCUT2D eigenvalue weighted by Gasteiger charge is 2.26. The molecule has 10 nitrogen and oxygen atoms in total. The highest BCUT2D eigenvalue weighted by Crippen LogP contribution is 2.23. The number of carbonyl (C=O) groups is 2. The first-order valence-corrected chi connectivity index (χ1v) is 12.5. The Morgan fingerprint density at radius 3 is 2.19 bits per heavy atom. The number of anilines is 1. The van der Waals surface area contributed by atoms with E-state index in [1.165, 1.54) is 24.3 Å². The third-order valence-electron chi connectivity index (χ3n) is 4.76. The molecule has 3 rings (SSSR count). The first-order valence-electron chi connectivity index (χ1n) is 10.2. The predicted octanol–water partition coefficient (Wildman–Crippen LogP) is 3.12. The number of rotatable bonds is 9. The highest BCUT2D eigenvalue weighted by atomic mass is 35.5. The third-order valence-corrected chi connectivity index (χ3v) is 6.65. The summed E-state index contributed by atoms with van der Waals surface area (Å²) in [4.78, 5) is 27.9. The van der Waals surface area contributed by atoms with E-state index in [1.807, 2.05) is 0 Å². The average molecular weight is 550 g/mol. The van der Waals surface area contributed by atoms with Crippen LogP contribution in [0.4, 0.5) is 11.4 Å². The summed E-state index contributed by atoms with van der Waals surface area (Å²) in [5.74, 6) is -1.92. The fourth-order valence-electron chi connectivity index (χ4n) is 3.15. The Morgan fingerprint density at radius 2 is 1.61 bits per heavy atom. The van der Waals surface area contributed by atoms with Gasteiger partial charge in [-0.1, -0.05) is 41.4 Å². The summed E-state index contributed by atoms with van der Waals surface area (Å²) in [6.45, 7) is 0. The molecule has 3 aromatic carbocycles. The van der Waals surface area contributed by atoms with Crippen LogP contribution in [0.25, 0.3) is 0 Å². The lowest BCUT2D eigenvalue weighted by Crippen LogP contribution is -2.42. The molecule has 0 unspecified atom stereocenters. The van der Waals surface area contributed by atoms with E-state index in [1.54, 1.807) is 42.5 Å². The molecular formula is C23H21Cl2N5O5S. The molecule has 0 radical (unpaired) electrons. The van der Waals surface area contributed by atoms with Gasteiger partial charge in [-0.3, -0.25) is 9.59 Å². The van der Waals surface area contributed by atoms with E-state index in [0.29, 0.717) is 22.5 Å². The molecule has 0 aliphatic heterocycles. The molecular weight excluding hydrogens is 529 g/mol. The highest BCUT2D eigenvalue weighted by molar-refractivity contribution is 7.89. The largest absolute Gasteiger partial charge is 0.480 e. The van der Waals surface area contributed by atoms with Crippen LogP contribution in [-0.4, -0.2) is 37.4 Å². The molecule has 0 aromatic heterocycles. The SMILES string of the molecule is NC(N)=Nc1cccc(C(=O)Nc2ccc(C[C@H](NS(=O)(=O)c3cc(Cl)cc(Cl)c3)C(=O)O)cc2)c1. The molecule has 0 aliphatic rings. The minimum absolute atomic E-state index is 0.0929. The molecule has 0 saturated carbocycles. The smallest absolute Gasteiger partial charge is 0.322 e. The third kappa shape index (κ3) is 7.43. The van der Waals surface area contributed by atoms with Crippen LogP contribution in [-0.2, 0) is 21.2 Å². The van der Waals surface area contributed by atoms with Gasteiger partial charge in [0.1, 0.15) is 6.04 Å². The van der Waals surface area contributed by atoms with E-state index in [4.69, 9.17) is 34.7 Å². The van der Waals surface area contributed by atoms with Crippen LogP contribution >= 0.6 is 23.2 Å². The number of hydrogen-bond donors (Lipinski definition) is 5. The van der Waals surface area contributed by atoms with Crippen LogP contribution in [0.15, 0.2) is 76.6 Å². The quantitative estimate of drug-likeness (QED) is 0.201. The fraction of sp³-hybridized carbons (Fsp3) is 0.0870. The normalized spacial score (nSPS) is 11.9. The van der Waals surface area contributed by atoms with Crippen LogP contribution in [0.5, 0.6) is 0 Å². The van der Waals surface area contributed by atoms with E-state index in [2.05, 4.69) is 15.0 Å². The van der Waals surface area contributed by atoms with Crippen LogP contribution < -0.4 is 21.5 Å². The van der Waals surface area contributed by atoms with Gasteiger partial charge < -0.3 is 21.9 Å². The van der Waals surface area contributed by atoms with E-state index in [9.17, 15) is 23.1 Å². The first kappa shape index (κ1) is 27.0. The molecule has 0 fully saturated rings. The van der Waals surface area contributed by atoms with Gasteiger partial charge in [-0.15, -0.1) is 0 Å². The maximum absolute atomic E-state index is 12.7. The monoisotopic (exact) mass is 549 g/mol. The maximum Gasteiger partial charge on any atom is 0.322 e. The summed E-state index contributed by atoms with van der Waals surface area (Å²) in [5.41, 5.74) is 12.4. The van der Waals surface area contributed by atoms with E-state index in [-0.39, 0.29) is 27.3 Å². The van der Waals surface area contributed by atoms with Crippen molar-refractivity contribution in [2.45, 2.75) is 17.4 Å². The molecule has 0 bridgehead atoms. The minimum Gasteiger partial charge on any atom is -0.480 e. The van der Waals surface area contributed by atoms with Crippen molar-refractivity contribution in [2.75, 3.05) is 5.32 Å². The van der Waals surface area contributed by atoms with Gasteiger partial charge in [-0.25, -0.2) is 13.4 Å². The molecule has 36 heavy (non-hydrogen) atoms. The Morgan fingerprint density at radius 1 is 0.972 bits per heavy atom. The number of sulfonamides is 1. The predicted molar refractivity (Wildman–Crippen MR) is 138 cm³/mol. The number of carbonyl (C=O) groups excluding carboxylic acids is 1. The summed E-state index contributed by atoms with van der Waals surface area (Å²) in [5, 5.41) is 12.5. The Balaban J connectivity index is 1.70. The molecule has 0 aliphatic carbocycles. The van der Waals surface area contributed by atoms with Crippen LogP contribution in [0.3, 0.4) is 0 Å². The maximum atomic E-state index is 12.7. The van der Waals surface area contributed by atoms with E-state index >= 15 is 0 Å². The number of nitrogens with zero attached hydrogens (tertiary/aromatic N) is 1. The summed E-state index contributed by atoms with van der Waals surface area (Å²) >= 11 is 11.7. The molecule has 7 N–H and O–H groups in total. The number of guanidine groups is 1. The molecule has 188 valence electrons. The molecule has 3 aromatic rings. The van der Waals surface area contributed by atoms with Gasteiger partial charge in [0.05, 0.1) is 10.6 Å². The average Bonchev–Trinajstić information content (AvgIpc) is 2.79. The van der Waals surface area contributed by atoms with E-state index in [0.717, 1.165) is 0 Å². The Labute approximate surface area is 217 Å². The Bertz CT molecular complexity index is 1400. The van der Waals surface area contributed by atoms with Gasteiger partial charge in [-0.05, 0) is 60.5 Å². The number of nitrogens with one attached hydrogen (secondary N) is 2. The second kappa shape index (κ2) is 11.4. The number of carboxylic acids is 1. The van der Waals surface area contributed by atoms with Gasteiger partial charge in [-0.2, -0.15) is 4.72 Å². The van der Waals surface area contributed by atoms with E-state index < -0.39 is 27.9 Å². The van der Waals surface area contributed by atoms with Crippen molar-refractivity contribution >= 4 is 62.4 Å². The van der Waals surface area contributed by atoms with Crippen molar-refractivity contribution in [2.24, 2.45) is 16.5 Å². The Kier molecular flexibility index (Phi) is 8.53. The molecule has 1 atom stereocenters. The lowest BCUT2D eigenvalue weighted by atomic mass is 10.1. The summed E-state index contributed by atoms with van der Waals surface area (Å²) < 4.78 is 27.5. The lowest BCUT2D eigenvalue weighted by molar-refractivity contribution is -0.138. The molecule has 0 saturated heterocycles. The van der Waals surface area contributed by atoms with Crippen molar-refractivity contribution in [3.63, 3.8) is 0 Å². The van der Waals surface area contributed by atoms with Gasteiger partial charge in [0, 0.05) is 21.3 Å². The number of carboxylic acid groups (broad SMARTS) is 1. The van der Waals surface area contributed by atoms with Crippen molar-refractivity contribution in [1.82, 2.24) is 4.72 Å². The summed E-state index contributed by atoms with van der Waals surface area (Å²) in [6.07, 6.45) is -0.155. The zero-order valence-corrected chi connectivity index (χ0v) is 20.8. The second-order valence-electron chi connectivity index (χ2n) is 7.56. The van der Waals surface area contributed by atoms with Crippen LogP contribution in [0, 0.1) is 0 Å². The van der Waals surface area contributed by atoms with Crippen molar-refractivity contribution < 1.29 is 23.1 Å². The van der Waals surface area contributed by atoms with Crippen molar-refractivity contribution in [3.8, 4) is 0 Å². The van der Waals surface area contributed by atoms with Crippen molar-refractivity contribution in [1.29, 1.82) is 0 Å². The van der Waals surface area contributed by atoms with Gasteiger partial charge in [0.25, 0.3) is 5.91 Å². The van der Waals surface area contributed by atoms with Gasteiger partial charge in [0.2, 0.25) is 10.0 Å². The van der Waals surface area contributed by atoms with Gasteiger partial charge >= 0.3 is 5.97 Å². The zero-order valence-electron chi connectivity index (χ0n) is 18.5. The summed E-state index contributed by atoms with van der Waals surface area (Å²) in [7, 11) is -4.22. The number of hydrogen-bond acceptors (Lipinski definition) is 5. The molecule has 1 amide bonds. The first-order chi connectivity index (χ1) is 16.9. The van der Waals surface area contributed by atoms with Gasteiger partial charge in [0.15, 0.2) is 5.96 Å². The number of aliphatic carboxylic acids is 1. The summed E-state index contributed by atoms with van der Waals surface area (Å²) in [6, 6.07) is 14.9. The number of amides is 1. The standard InChI is InChI=1S/C23H21Cl2N5O5S/c24-15-10-16(25)12-19(11-15)36(34,35)30-20(22(32)33)8-13-4-6-17(7-5-13)28-21(31)14-2-1-3-18(9-14)29-23(26)27/h1-7,9-12,20,30H,8H2,(H,28,31)(H,32,33)(H4,26,27,29)/t20-/m0/s1. The fourth-order valence-corrected chi connectivity index (χ4v) is 5.06. The van der Waals surface area contributed by atoms with Crippen molar-refractivity contribution in [3.05, 3.63) is 87.9 Å². The zero-order chi connectivity index (χ0) is 26.5. The Hall–Kier alpha value is -3.64. The minimum atomic E-state index is -4.22. The molecule has 13 heteroatoms.